The van der Waals surface area contributed by atoms with E-state index in [0.29, 0.717) is 5.56 Å². The highest BCUT2D eigenvalue weighted by Crippen LogP contribution is 2.29. The van der Waals surface area contributed by atoms with Gasteiger partial charge in [-0.15, -0.1) is 0 Å². The Morgan fingerprint density at radius 3 is 1.10 bits per heavy atom. The van der Waals surface area contributed by atoms with E-state index in [1.54, 1.807) is 6.08 Å². The second kappa shape index (κ2) is 31.9. The Bertz CT molecular complexity index is 1540. The zero-order valence-electron chi connectivity index (χ0n) is 37.2. The van der Waals surface area contributed by atoms with Crippen LogP contribution in [0.15, 0.2) is 66.7 Å². The summed E-state index contributed by atoms with van der Waals surface area (Å²) in [7, 11) is 0. The molecule has 0 aliphatic rings. The number of hydrogen-bond acceptors (Lipinski definition) is 5. The summed E-state index contributed by atoms with van der Waals surface area (Å²) in [5.41, 5.74) is 4.08. The summed E-state index contributed by atoms with van der Waals surface area (Å²) in [5, 5.41) is 22.5. The largest absolute Gasteiger partial charge is 0.372 e. The first kappa shape index (κ1) is 49.4. The predicted molar refractivity (Wildman–Crippen MR) is 253 cm³/mol. The van der Waals surface area contributed by atoms with Gasteiger partial charge in [0.15, 0.2) is 0 Å². The van der Waals surface area contributed by atoms with E-state index in [2.05, 4.69) is 55.1 Å². The zero-order valence-corrected chi connectivity index (χ0v) is 37.2. The fourth-order valence-corrected chi connectivity index (χ4v) is 8.15. The summed E-state index contributed by atoms with van der Waals surface area (Å²) in [6.07, 6.45) is 42.3. The van der Waals surface area contributed by atoms with Gasteiger partial charge in [0.25, 0.3) is 0 Å². The average Bonchev–Trinajstić information content (AvgIpc) is 3.25. The first-order valence-corrected chi connectivity index (χ1v) is 24.0. The maximum atomic E-state index is 11.3. The lowest BCUT2D eigenvalue weighted by molar-refractivity contribution is -0.422. The van der Waals surface area contributed by atoms with E-state index in [9.17, 15) is 20.2 Å². The van der Waals surface area contributed by atoms with Gasteiger partial charge in [-0.2, -0.15) is 0 Å². The van der Waals surface area contributed by atoms with E-state index in [1.807, 2.05) is 18.2 Å². The molecule has 0 aromatic heterocycles. The number of benzene rings is 3. The van der Waals surface area contributed by atoms with E-state index in [0.717, 1.165) is 24.2 Å². The Labute approximate surface area is 358 Å². The van der Waals surface area contributed by atoms with E-state index < -0.39 is 21.2 Å². The lowest BCUT2D eigenvalue weighted by Gasteiger charge is -2.25. The van der Waals surface area contributed by atoms with Crippen LogP contribution in [0.2, 0.25) is 0 Å². The third-order valence-electron chi connectivity index (χ3n) is 11.9. The second-order valence-electron chi connectivity index (χ2n) is 16.9. The van der Waals surface area contributed by atoms with Crippen molar-refractivity contribution >= 4 is 29.2 Å². The van der Waals surface area contributed by atoms with Crippen LogP contribution in [0.1, 0.15) is 205 Å². The lowest BCUT2D eigenvalue weighted by atomic mass is 10.0. The van der Waals surface area contributed by atoms with Crippen molar-refractivity contribution in [3.05, 3.63) is 98.1 Å². The molecule has 0 unspecified atom stereocenters. The Kier molecular flexibility index (Phi) is 26.7. The van der Waals surface area contributed by atoms with Crippen molar-refractivity contribution in [1.82, 2.24) is 0 Å². The molecule has 3 aromatic rings. The number of anilines is 1. The molecular weight excluding hydrogens is 731 g/mol. The minimum Gasteiger partial charge on any atom is -0.372 e. The van der Waals surface area contributed by atoms with Crippen molar-refractivity contribution < 1.29 is 9.85 Å². The van der Waals surface area contributed by atoms with Gasteiger partial charge in [0.2, 0.25) is 0 Å². The standard InChI is InChI=1S/C52H79N3O4/c1-3-5-7-9-11-13-15-17-19-21-23-25-27-29-43-53(44-30-28-26-24-22-20-18-16-14-12-10-8-6-4-2)50-40-38-49(39-41-50)48-36-33-46(34-37-48)31-32-47-35-42-51(54(56)57)52(45-47)55(58)59/h31-42,45H,3-30,43-44H2,1-2H3. The summed E-state index contributed by atoms with van der Waals surface area (Å²) in [5.74, 6) is 0. The Morgan fingerprint density at radius 2 is 0.729 bits per heavy atom. The molecule has 7 heteroatoms. The summed E-state index contributed by atoms with van der Waals surface area (Å²) >= 11 is 0. The number of nitro groups is 2. The molecule has 3 rings (SSSR count). The molecule has 0 amide bonds. The molecule has 0 aliphatic carbocycles. The maximum Gasteiger partial charge on any atom is 0.346 e. The van der Waals surface area contributed by atoms with Gasteiger partial charge >= 0.3 is 11.4 Å². The van der Waals surface area contributed by atoms with Crippen molar-refractivity contribution in [2.75, 3.05) is 18.0 Å². The molecule has 7 nitrogen and oxygen atoms in total. The molecule has 0 radical (unpaired) electrons. The minimum absolute atomic E-state index is 0.504. The van der Waals surface area contributed by atoms with Crippen molar-refractivity contribution in [2.45, 2.75) is 194 Å². The van der Waals surface area contributed by atoms with Crippen molar-refractivity contribution in [3.8, 4) is 11.1 Å². The van der Waals surface area contributed by atoms with Crippen LogP contribution in [0.3, 0.4) is 0 Å². The van der Waals surface area contributed by atoms with Crippen LogP contribution in [-0.2, 0) is 0 Å². The van der Waals surface area contributed by atoms with Crippen LogP contribution in [-0.4, -0.2) is 22.9 Å². The molecule has 3 aromatic carbocycles. The van der Waals surface area contributed by atoms with Crippen LogP contribution in [0.25, 0.3) is 23.3 Å². The molecular formula is C52H79N3O4. The maximum absolute atomic E-state index is 11.3. The van der Waals surface area contributed by atoms with Gasteiger partial charge in [-0.3, -0.25) is 20.2 Å². The van der Waals surface area contributed by atoms with Gasteiger partial charge in [0, 0.05) is 30.9 Å². The van der Waals surface area contributed by atoms with E-state index in [-0.39, 0.29) is 0 Å². The van der Waals surface area contributed by atoms with Crippen molar-refractivity contribution in [2.24, 2.45) is 0 Å². The Morgan fingerprint density at radius 1 is 0.407 bits per heavy atom. The molecule has 326 valence electrons. The Hall–Kier alpha value is -4.00. The van der Waals surface area contributed by atoms with Gasteiger partial charge in [-0.05, 0) is 53.3 Å². The zero-order chi connectivity index (χ0) is 42.2. The molecule has 0 saturated carbocycles. The summed E-state index contributed by atoms with van der Waals surface area (Å²) < 4.78 is 0. The smallest absolute Gasteiger partial charge is 0.346 e. The monoisotopic (exact) mass is 810 g/mol. The predicted octanol–water partition coefficient (Wildman–Crippen LogP) is 17.1. The molecule has 59 heavy (non-hydrogen) atoms. The molecule has 0 atom stereocenters. The first-order valence-electron chi connectivity index (χ1n) is 24.0. The van der Waals surface area contributed by atoms with E-state index in [1.165, 1.54) is 209 Å². The first-order chi connectivity index (χ1) is 28.9. The fraction of sp³-hybridized carbons (Fsp3) is 0.615. The lowest BCUT2D eigenvalue weighted by Crippen LogP contribution is -2.25. The molecule has 0 heterocycles. The number of rotatable bonds is 36. The third-order valence-corrected chi connectivity index (χ3v) is 11.9. The number of hydrogen-bond donors (Lipinski definition) is 0. The van der Waals surface area contributed by atoms with Gasteiger partial charge in [0.1, 0.15) is 0 Å². The Balaban J connectivity index is 1.46. The van der Waals surface area contributed by atoms with Gasteiger partial charge in [0.05, 0.1) is 9.85 Å². The van der Waals surface area contributed by atoms with Crippen molar-refractivity contribution in [3.63, 3.8) is 0 Å². The summed E-state index contributed by atoms with van der Waals surface area (Å²) in [4.78, 5) is 23.7. The second-order valence-corrected chi connectivity index (χ2v) is 16.9. The van der Waals surface area contributed by atoms with Crippen molar-refractivity contribution in [1.29, 1.82) is 0 Å². The van der Waals surface area contributed by atoms with E-state index >= 15 is 0 Å². The molecule has 0 spiro atoms. The van der Waals surface area contributed by atoms with Gasteiger partial charge in [-0.1, -0.05) is 229 Å². The van der Waals surface area contributed by atoms with Gasteiger partial charge < -0.3 is 4.90 Å². The SMILES string of the molecule is CCCCCCCCCCCCCCCCN(CCCCCCCCCCCCCCCC)c1ccc(-c2ccc(C=Cc3ccc([N+](=O)[O-])c([N+](=O)[O-])c3)cc2)cc1. The molecule has 0 saturated heterocycles. The molecule has 0 fully saturated rings. The van der Waals surface area contributed by atoms with Crippen LogP contribution in [0.4, 0.5) is 17.1 Å². The van der Waals surface area contributed by atoms with E-state index in [4.69, 9.17) is 0 Å². The quantitative estimate of drug-likeness (QED) is 0.0252. The topological polar surface area (TPSA) is 89.5 Å². The van der Waals surface area contributed by atoms with Crippen LogP contribution in [0, 0.1) is 20.2 Å². The summed E-state index contributed by atoms with van der Waals surface area (Å²) in [6.45, 7) is 6.82. The summed E-state index contributed by atoms with van der Waals surface area (Å²) in [6, 6.07) is 21.2. The molecule has 0 aliphatic heterocycles. The number of nitrogens with zero attached hydrogens (tertiary/aromatic N) is 3. The van der Waals surface area contributed by atoms with Crippen LogP contribution < -0.4 is 4.90 Å². The highest BCUT2D eigenvalue weighted by molar-refractivity contribution is 5.74. The van der Waals surface area contributed by atoms with Gasteiger partial charge in [-0.25, -0.2) is 0 Å². The molecule has 0 bridgehead atoms. The number of unbranched alkanes of at least 4 members (excludes halogenated alkanes) is 26. The fourth-order valence-electron chi connectivity index (χ4n) is 8.15. The minimum atomic E-state index is -0.726. The van der Waals surface area contributed by atoms with Crippen LogP contribution >= 0.6 is 0 Å². The third kappa shape index (κ3) is 21.7. The molecule has 0 N–H and O–H groups in total. The number of nitro benzene ring substituents is 2. The van der Waals surface area contributed by atoms with Crippen LogP contribution in [0.5, 0.6) is 0 Å². The highest BCUT2D eigenvalue weighted by atomic mass is 16.6. The highest BCUT2D eigenvalue weighted by Gasteiger charge is 2.23. The normalized spacial score (nSPS) is 11.4. The average molecular weight is 810 g/mol.